The number of aromatic nitrogens is 3. The third-order valence-electron chi connectivity index (χ3n) is 19.2. The van der Waals surface area contributed by atoms with Gasteiger partial charge in [-0.1, -0.05) is 255 Å². The van der Waals surface area contributed by atoms with Crippen LogP contribution < -0.4 is 26.2 Å². The predicted octanol–water partition coefficient (Wildman–Crippen LogP) is 20.9. The van der Waals surface area contributed by atoms with Crippen LogP contribution in [0.5, 0.6) is 0 Å². The Hall–Kier alpha value is -12.9. The summed E-state index contributed by atoms with van der Waals surface area (Å²) in [6, 6.07) is 127. The van der Waals surface area contributed by atoms with Gasteiger partial charge in [-0.2, -0.15) is 5.26 Å². The third kappa shape index (κ3) is 9.66. The first-order valence-corrected chi connectivity index (χ1v) is 32.6. The second-order valence-electron chi connectivity index (χ2n) is 24.8. The van der Waals surface area contributed by atoms with Crippen LogP contribution in [0.3, 0.4) is 0 Å². The molecule has 446 valence electrons. The molecule has 0 amide bonds. The molecule has 0 saturated carbocycles. The van der Waals surface area contributed by atoms with E-state index in [2.05, 4.69) is 318 Å². The Morgan fingerprint density at radius 2 is 0.646 bits per heavy atom. The molecule has 4 heterocycles. The zero-order valence-corrected chi connectivity index (χ0v) is 52.2. The molecule has 96 heavy (non-hydrogen) atoms. The summed E-state index contributed by atoms with van der Waals surface area (Å²) in [5, 5.41) is 13.4. The number of benzene rings is 14. The molecule has 14 aromatic carbocycles. The van der Waals surface area contributed by atoms with Crippen LogP contribution in [0.1, 0.15) is 5.56 Å². The van der Waals surface area contributed by atoms with Gasteiger partial charge < -0.3 is 14.4 Å². The van der Waals surface area contributed by atoms with Crippen LogP contribution in [-0.4, -0.2) is 21.2 Å². The molecular formula is C89H57BN6. The maximum atomic E-state index is 11.2. The molecule has 0 spiro atoms. The van der Waals surface area contributed by atoms with E-state index in [9.17, 15) is 5.26 Å². The Morgan fingerprint density at radius 3 is 1.12 bits per heavy atom. The minimum absolute atomic E-state index is 0.160. The number of para-hydroxylation sites is 1. The van der Waals surface area contributed by atoms with Crippen LogP contribution in [0.15, 0.2) is 346 Å². The molecule has 0 saturated heterocycles. The Labute approximate surface area is 557 Å². The lowest BCUT2D eigenvalue weighted by atomic mass is 9.33. The first-order valence-electron chi connectivity index (χ1n) is 32.6. The summed E-state index contributed by atoms with van der Waals surface area (Å²) >= 11 is 0. The number of hydrogen-bond acceptors (Lipinski definition) is 5. The standard InChI is InChI=1S/C89H57BN6/c91-58-72-51-70(89-92-79(65-29-15-5-16-30-65)57-80(93-89)66-31-17-6-18-32-66)42-47-81(72)96-82-34-20-19-33-75(82)76-52-67(39-48-83(76)96)71-55-86-88-87(56-71)95(74-45-37-64(38-46-74)60-23-9-2-10-24-60)85-50-41-69(62-27-13-4-14-28-62)54-78(85)90(88)77-53-68(61-25-11-3-12-26-61)40-49-84(77)94(86)73-43-35-63(36-44-73)59-21-7-1-8-22-59/h1-57H. The van der Waals surface area contributed by atoms with Gasteiger partial charge >= 0.3 is 0 Å². The van der Waals surface area contributed by atoms with Crippen LogP contribution in [0, 0.1) is 11.3 Å². The van der Waals surface area contributed by atoms with Crippen molar-refractivity contribution in [1.82, 2.24) is 14.5 Å². The maximum Gasteiger partial charge on any atom is 0.252 e. The van der Waals surface area contributed by atoms with Crippen molar-refractivity contribution in [3.63, 3.8) is 0 Å². The molecule has 7 heteroatoms. The van der Waals surface area contributed by atoms with E-state index >= 15 is 0 Å². The van der Waals surface area contributed by atoms with E-state index < -0.39 is 0 Å². The second kappa shape index (κ2) is 23.3. The Morgan fingerprint density at radius 1 is 0.271 bits per heavy atom. The first-order chi connectivity index (χ1) is 47.5. The summed E-state index contributed by atoms with van der Waals surface area (Å²) in [6.07, 6.45) is 0. The highest BCUT2D eigenvalue weighted by molar-refractivity contribution is 7.00. The van der Waals surface area contributed by atoms with Crippen molar-refractivity contribution in [3.8, 4) is 101 Å². The molecule has 0 aliphatic carbocycles. The highest BCUT2D eigenvalue weighted by atomic mass is 15.2. The molecule has 2 aromatic heterocycles. The zero-order chi connectivity index (χ0) is 63.6. The molecule has 2 aliphatic heterocycles. The van der Waals surface area contributed by atoms with Crippen molar-refractivity contribution in [2.75, 3.05) is 9.80 Å². The van der Waals surface area contributed by atoms with E-state index in [1.54, 1.807) is 0 Å². The summed E-state index contributed by atoms with van der Waals surface area (Å²) < 4.78 is 2.25. The minimum atomic E-state index is -0.160. The average Bonchev–Trinajstić information content (AvgIpc) is 0.797. The van der Waals surface area contributed by atoms with Gasteiger partial charge in [-0.15, -0.1) is 0 Å². The van der Waals surface area contributed by atoms with Gasteiger partial charge in [0, 0.05) is 61.6 Å². The monoisotopic (exact) mass is 1220 g/mol. The van der Waals surface area contributed by atoms with Gasteiger partial charge in [-0.25, -0.2) is 9.97 Å². The Bertz CT molecular complexity index is 5440. The summed E-state index contributed by atoms with van der Waals surface area (Å²) in [6.45, 7) is -0.160. The van der Waals surface area contributed by atoms with Gasteiger partial charge in [-0.05, 0) is 163 Å². The van der Waals surface area contributed by atoms with Gasteiger partial charge in [0.15, 0.2) is 5.82 Å². The first kappa shape index (κ1) is 55.9. The lowest BCUT2D eigenvalue weighted by Gasteiger charge is -2.44. The number of nitrogens with zero attached hydrogens (tertiary/aromatic N) is 6. The van der Waals surface area contributed by atoms with Gasteiger partial charge in [0.05, 0.1) is 33.7 Å². The summed E-state index contributed by atoms with van der Waals surface area (Å²) in [7, 11) is 0. The van der Waals surface area contributed by atoms with E-state index in [1.165, 1.54) is 49.8 Å². The number of rotatable bonds is 11. The van der Waals surface area contributed by atoms with Crippen molar-refractivity contribution in [2.24, 2.45) is 0 Å². The average molecular weight is 1220 g/mol. The molecule has 16 aromatic rings. The van der Waals surface area contributed by atoms with Crippen molar-refractivity contribution in [1.29, 1.82) is 5.26 Å². The van der Waals surface area contributed by atoms with Crippen molar-refractivity contribution in [2.45, 2.75) is 0 Å². The number of anilines is 6. The smallest absolute Gasteiger partial charge is 0.252 e. The highest BCUT2D eigenvalue weighted by Crippen LogP contribution is 2.48. The normalized spacial score (nSPS) is 12.1. The van der Waals surface area contributed by atoms with Crippen LogP contribution in [0.4, 0.5) is 34.1 Å². The van der Waals surface area contributed by atoms with Crippen LogP contribution in [0.2, 0.25) is 0 Å². The van der Waals surface area contributed by atoms with Crippen LogP contribution in [-0.2, 0) is 0 Å². The summed E-state index contributed by atoms with van der Waals surface area (Å²) in [5.74, 6) is 0.548. The van der Waals surface area contributed by atoms with E-state index in [0.717, 1.165) is 112 Å². The van der Waals surface area contributed by atoms with Crippen LogP contribution in [0.25, 0.3) is 117 Å². The molecule has 0 atom stereocenters. The fourth-order valence-electron chi connectivity index (χ4n) is 14.7. The molecule has 0 fully saturated rings. The van der Waals surface area contributed by atoms with Crippen LogP contribution >= 0.6 is 0 Å². The van der Waals surface area contributed by atoms with E-state index in [-0.39, 0.29) is 6.71 Å². The summed E-state index contributed by atoms with van der Waals surface area (Å²) in [4.78, 5) is 15.3. The van der Waals surface area contributed by atoms with E-state index in [4.69, 9.17) is 9.97 Å². The molecule has 18 rings (SSSR count). The Balaban J connectivity index is 0.850. The minimum Gasteiger partial charge on any atom is -0.311 e. The molecule has 0 bridgehead atoms. The fourth-order valence-corrected chi connectivity index (χ4v) is 14.7. The predicted molar refractivity (Wildman–Crippen MR) is 399 cm³/mol. The van der Waals surface area contributed by atoms with Crippen molar-refractivity contribution in [3.05, 3.63) is 351 Å². The van der Waals surface area contributed by atoms with Gasteiger partial charge in [-0.3, -0.25) is 0 Å². The molecule has 2 aliphatic rings. The second-order valence-corrected chi connectivity index (χ2v) is 24.8. The lowest BCUT2D eigenvalue weighted by molar-refractivity contribution is 1.15. The highest BCUT2D eigenvalue weighted by Gasteiger charge is 2.44. The lowest BCUT2D eigenvalue weighted by Crippen LogP contribution is -2.61. The van der Waals surface area contributed by atoms with Gasteiger partial charge in [0.1, 0.15) is 6.07 Å². The summed E-state index contributed by atoms with van der Waals surface area (Å²) in [5.41, 5.74) is 29.4. The number of hydrogen-bond donors (Lipinski definition) is 0. The third-order valence-corrected chi connectivity index (χ3v) is 19.2. The number of nitriles is 1. The topological polar surface area (TPSA) is 61.0 Å². The van der Waals surface area contributed by atoms with Crippen molar-refractivity contribution < 1.29 is 0 Å². The fraction of sp³-hybridized carbons (Fsp3) is 0. The molecule has 0 radical (unpaired) electrons. The van der Waals surface area contributed by atoms with Gasteiger partial charge in [0.25, 0.3) is 6.71 Å². The Kier molecular flexibility index (Phi) is 13.6. The molecule has 0 N–H and O–H groups in total. The zero-order valence-electron chi connectivity index (χ0n) is 52.2. The molecule has 0 unspecified atom stereocenters. The maximum absolute atomic E-state index is 11.2. The van der Waals surface area contributed by atoms with E-state index in [0.29, 0.717) is 11.4 Å². The van der Waals surface area contributed by atoms with Gasteiger partial charge in [0.2, 0.25) is 0 Å². The molecule has 6 nitrogen and oxygen atoms in total. The molecular weight excluding hydrogens is 1160 g/mol. The SMILES string of the molecule is N#Cc1cc(-c2nc(-c3ccccc3)cc(-c3ccccc3)n2)ccc1-n1c2ccccc2c2cc(-c3cc4c5c(c3)N(c3ccc(-c6ccccc6)cc3)c3ccc(-c6ccccc6)cc3B5c3cc(-c5ccccc5)ccc3N4c3ccc(-c4ccccc4)cc3)ccc21. The van der Waals surface area contributed by atoms with Crippen molar-refractivity contribution >= 4 is 79.0 Å². The largest absolute Gasteiger partial charge is 0.311 e. The number of fused-ring (bicyclic) bond motifs is 7. The van der Waals surface area contributed by atoms with E-state index in [1.807, 2.05) is 48.5 Å². The quantitative estimate of drug-likeness (QED) is 0.121.